The first kappa shape index (κ1) is 11.5. The summed E-state index contributed by atoms with van der Waals surface area (Å²) in [6.07, 6.45) is 2.94. The van der Waals surface area contributed by atoms with Crippen LogP contribution in [0.1, 0.15) is 33.1 Å². The van der Waals surface area contributed by atoms with Crippen LogP contribution >= 0.6 is 0 Å². The van der Waals surface area contributed by atoms with Crippen molar-refractivity contribution in [2.75, 3.05) is 19.8 Å². The van der Waals surface area contributed by atoms with Gasteiger partial charge in [-0.3, -0.25) is 0 Å². The fourth-order valence-electron chi connectivity index (χ4n) is 1.88. The molecule has 0 saturated carbocycles. The van der Waals surface area contributed by atoms with Crippen LogP contribution in [0.5, 0.6) is 0 Å². The van der Waals surface area contributed by atoms with Gasteiger partial charge in [-0.25, -0.2) is 0 Å². The van der Waals surface area contributed by atoms with Crippen molar-refractivity contribution in [3.63, 3.8) is 0 Å². The average molecular weight is 199 g/mol. The van der Waals surface area contributed by atoms with Crippen molar-refractivity contribution in [1.29, 1.82) is 0 Å². The molecule has 14 heavy (non-hydrogen) atoms. The summed E-state index contributed by atoms with van der Waals surface area (Å²) in [6.45, 7) is 9.99. The largest absolute Gasteiger partial charge is 0.396 e. The average Bonchev–Trinajstić information content (AvgIpc) is 2.86. The Labute approximate surface area is 86.4 Å². The second-order valence-electron chi connectivity index (χ2n) is 3.95. The Kier molecular flexibility index (Phi) is 3.96. The van der Waals surface area contributed by atoms with E-state index in [4.69, 9.17) is 9.84 Å². The smallest absolute Gasteiger partial charge is 0.164 e. The summed E-state index contributed by atoms with van der Waals surface area (Å²) in [5, 5.41) is 8.82. The van der Waals surface area contributed by atoms with E-state index in [1.807, 2.05) is 6.92 Å². The minimum Gasteiger partial charge on any atom is -0.396 e. The monoisotopic (exact) mass is 199 g/mol. The number of hydrogen-bond acceptors (Lipinski definition) is 3. The van der Waals surface area contributed by atoms with Crippen molar-refractivity contribution in [3.8, 4) is 0 Å². The lowest BCUT2D eigenvalue weighted by Crippen LogP contribution is -2.38. The molecule has 3 heteroatoms. The van der Waals surface area contributed by atoms with Gasteiger partial charge in [0.2, 0.25) is 0 Å². The van der Waals surface area contributed by atoms with E-state index in [0.29, 0.717) is 0 Å². The van der Waals surface area contributed by atoms with Gasteiger partial charge in [0, 0.05) is 18.8 Å². The Bertz CT molecular complexity index is 199. The predicted molar refractivity (Wildman–Crippen MR) is 56.8 cm³/mol. The number of epoxide rings is 1. The number of allylic oxidation sites excluding steroid dienone is 1. The van der Waals surface area contributed by atoms with Crippen LogP contribution < -0.4 is 0 Å². The highest BCUT2D eigenvalue weighted by molar-refractivity contribution is 5.02. The summed E-state index contributed by atoms with van der Waals surface area (Å²) in [4.78, 5) is 2.19. The highest BCUT2D eigenvalue weighted by Crippen LogP contribution is 2.38. The van der Waals surface area contributed by atoms with Gasteiger partial charge in [0.25, 0.3) is 0 Å². The highest BCUT2D eigenvalue weighted by Gasteiger charge is 2.48. The lowest BCUT2D eigenvalue weighted by molar-refractivity contribution is 0.0954. The predicted octanol–water partition coefficient (Wildman–Crippen LogP) is 1.73. The van der Waals surface area contributed by atoms with Crippen LogP contribution in [0.15, 0.2) is 12.3 Å². The third kappa shape index (κ3) is 2.49. The molecule has 0 radical (unpaired) electrons. The zero-order valence-corrected chi connectivity index (χ0v) is 9.25. The van der Waals surface area contributed by atoms with E-state index in [0.717, 1.165) is 38.1 Å². The molecule has 1 saturated heterocycles. The highest BCUT2D eigenvalue weighted by atomic mass is 16.6. The van der Waals surface area contributed by atoms with Crippen LogP contribution in [0, 0.1) is 0 Å². The van der Waals surface area contributed by atoms with Gasteiger partial charge in [0.15, 0.2) is 5.72 Å². The molecule has 0 spiro atoms. The van der Waals surface area contributed by atoms with Crippen LogP contribution in [0.4, 0.5) is 0 Å². The molecule has 1 atom stereocenters. The topological polar surface area (TPSA) is 36.0 Å². The van der Waals surface area contributed by atoms with Gasteiger partial charge in [0.05, 0.1) is 6.61 Å². The molecule has 1 rings (SSSR count). The molecule has 82 valence electrons. The second kappa shape index (κ2) is 4.80. The number of hydrogen-bond donors (Lipinski definition) is 1. The summed E-state index contributed by atoms with van der Waals surface area (Å²) in [5.74, 6) is 0. The van der Waals surface area contributed by atoms with Gasteiger partial charge < -0.3 is 14.7 Å². The Balaban J connectivity index is 2.53. The summed E-state index contributed by atoms with van der Waals surface area (Å²) in [6, 6.07) is 0. The second-order valence-corrected chi connectivity index (χ2v) is 3.95. The standard InChI is InChI=1S/C11H21NO2/c1-4-6-11(9-14-11)12(10(2)3)7-5-8-13/h13H,2,4-9H2,1,3H3. The molecule has 1 fully saturated rings. The van der Waals surface area contributed by atoms with Crippen molar-refractivity contribution in [2.45, 2.75) is 38.8 Å². The lowest BCUT2D eigenvalue weighted by atomic mass is 10.1. The van der Waals surface area contributed by atoms with E-state index in [-0.39, 0.29) is 12.3 Å². The molecule has 1 aliphatic heterocycles. The molecule has 0 aromatic heterocycles. The minimum atomic E-state index is -0.0875. The van der Waals surface area contributed by atoms with E-state index in [1.54, 1.807) is 0 Å². The van der Waals surface area contributed by atoms with Gasteiger partial charge in [-0.05, 0) is 19.8 Å². The van der Waals surface area contributed by atoms with Crippen LogP contribution in [0.25, 0.3) is 0 Å². The molecule has 1 unspecified atom stereocenters. The maximum atomic E-state index is 8.82. The number of aliphatic hydroxyl groups is 1. The van der Waals surface area contributed by atoms with Crippen LogP contribution in [0.2, 0.25) is 0 Å². The molecule has 0 aliphatic carbocycles. The summed E-state index contributed by atoms with van der Waals surface area (Å²) in [7, 11) is 0. The van der Waals surface area contributed by atoms with E-state index < -0.39 is 0 Å². The van der Waals surface area contributed by atoms with Crippen LogP contribution in [-0.4, -0.2) is 35.5 Å². The first-order valence-electron chi connectivity index (χ1n) is 5.34. The van der Waals surface area contributed by atoms with E-state index in [1.165, 1.54) is 0 Å². The van der Waals surface area contributed by atoms with Crippen LogP contribution in [0.3, 0.4) is 0 Å². The van der Waals surface area contributed by atoms with Gasteiger partial charge in [-0.1, -0.05) is 19.9 Å². The Hall–Kier alpha value is -0.540. The van der Waals surface area contributed by atoms with Crippen LogP contribution in [-0.2, 0) is 4.74 Å². The van der Waals surface area contributed by atoms with Gasteiger partial charge in [0.1, 0.15) is 0 Å². The first-order chi connectivity index (χ1) is 6.66. The molecular weight excluding hydrogens is 178 g/mol. The van der Waals surface area contributed by atoms with E-state index in [2.05, 4.69) is 18.4 Å². The Morgan fingerprint density at radius 1 is 1.64 bits per heavy atom. The molecule has 1 N–H and O–H groups in total. The minimum absolute atomic E-state index is 0.0875. The van der Waals surface area contributed by atoms with Crippen molar-refractivity contribution in [2.24, 2.45) is 0 Å². The summed E-state index contributed by atoms with van der Waals surface area (Å²) in [5.41, 5.74) is 0.944. The fourth-order valence-corrected chi connectivity index (χ4v) is 1.88. The molecule has 0 aromatic rings. The maximum Gasteiger partial charge on any atom is 0.164 e. The van der Waals surface area contributed by atoms with Crippen molar-refractivity contribution in [3.05, 3.63) is 12.3 Å². The third-order valence-electron chi connectivity index (χ3n) is 2.61. The summed E-state index contributed by atoms with van der Waals surface area (Å²) < 4.78 is 5.54. The molecule has 1 heterocycles. The van der Waals surface area contributed by atoms with Crippen molar-refractivity contribution >= 4 is 0 Å². The van der Waals surface area contributed by atoms with Crippen molar-refractivity contribution < 1.29 is 9.84 Å². The van der Waals surface area contributed by atoms with E-state index in [9.17, 15) is 0 Å². The Morgan fingerprint density at radius 3 is 2.64 bits per heavy atom. The summed E-state index contributed by atoms with van der Waals surface area (Å²) >= 11 is 0. The Morgan fingerprint density at radius 2 is 2.29 bits per heavy atom. The normalized spacial score (nSPS) is 24.8. The number of rotatable bonds is 7. The quantitative estimate of drug-likeness (QED) is 0.634. The van der Waals surface area contributed by atoms with Gasteiger partial charge in [-0.15, -0.1) is 0 Å². The number of aliphatic hydroxyl groups excluding tert-OH is 1. The fraction of sp³-hybridized carbons (Fsp3) is 0.818. The van der Waals surface area contributed by atoms with Crippen molar-refractivity contribution in [1.82, 2.24) is 4.90 Å². The molecule has 0 bridgehead atoms. The third-order valence-corrected chi connectivity index (χ3v) is 2.61. The zero-order valence-electron chi connectivity index (χ0n) is 9.25. The first-order valence-corrected chi connectivity index (χ1v) is 5.34. The molecule has 0 aromatic carbocycles. The molecule has 3 nitrogen and oxygen atoms in total. The van der Waals surface area contributed by atoms with E-state index >= 15 is 0 Å². The van der Waals surface area contributed by atoms with Gasteiger partial charge >= 0.3 is 0 Å². The van der Waals surface area contributed by atoms with Gasteiger partial charge in [-0.2, -0.15) is 0 Å². The number of nitrogens with zero attached hydrogens (tertiary/aromatic N) is 1. The zero-order chi connectivity index (χ0) is 10.6. The molecule has 1 aliphatic rings. The number of ether oxygens (including phenoxy) is 1. The molecule has 0 amide bonds. The molecular formula is C11H21NO2. The SMILES string of the molecule is C=C(C)N(CCCO)C1(CCC)CO1. The lowest BCUT2D eigenvalue weighted by Gasteiger charge is -2.31. The maximum absolute atomic E-state index is 8.82.